The van der Waals surface area contributed by atoms with Crippen molar-refractivity contribution in [2.45, 2.75) is 38.5 Å². The molecule has 31 heavy (non-hydrogen) atoms. The molecule has 0 heterocycles. The van der Waals surface area contributed by atoms with Crippen molar-refractivity contribution >= 4 is 11.3 Å². The van der Waals surface area contributed by atoms with Crippen molar-refractivity contribution in [2.24, 2.45) is 0 Å². The van der Waals surface area contributed by atoms with Crippen LogP contribution in [0.2, 0.25) is 0 Å². The number of fused-ring (bicyclic) bond motifs is 4. The van der Waals surface area contributed by atoms with Gasteiger partial charge < -0.3 is 5.32 Å². The molecule has 1 heteroatoms. The lowest BCUT2D eigenvalue weighted by atomic mass is 9.82. The Hall–Kier alpha value is -3.32. The van der Waals surface area contributed by atoms with Crippen LogP contribution < -0.4 is 5.32 Å². The fraction of sp³-hybridized carbons (Fsp3) is 0.200. The Bertz CT molecular complexity index is 1270. The molecule has 2 aliphatic carbocycles. The molecule has 154 valence electrons. The van der Waals surface area contributed by atoms with Gasteiger partial charge in [0.15, 0.2) is 0 Å². The van der Waals surface area contributed by atoms with Gasteiger partial charge in [0.2, 0.25) is 0 Å². The maximum absolute atomic E-state index is 4.39. The van der Waals surface area contributed by atoms with E-state index in [-0.39, 0.29) is 10.8 Å². The predicted octanol–water partition coefficient (Wildman–Crippen LogP) is 7.85. The highest BCUT2D eigenvalue weighted by Crippen LogP contribution is 2.50. The Morgan fingerprint density at radius 3 is 2.06 bits per heavy atom. The monoisotopic (exact) mass is 403 g/mol. The first-order valence-electron chi connectivity index (χ1n) is 11.0. The van der Waals surface area contributed by atoms with Crippen molar-refractivity contribution in [3.63, 3.8) is 0 Å². The molecule has 0 spiro atoms. The molecule has 0 fully saturated rings. The van der Waals surface area contributed by atoms with Crippen LogP contribution in [-0.4, -0.2) is 0 Å². The maximum atomic E-state index is 4.39. The second-order valence-electron chi connectivity index (χ2n) is 9.66. The van der Waals surface area contributed by atoms with Gasteiger partial charge in [-0.05, 0) is 62.7 Å². The van der Waals surface area contributed by atoms with Crippen molar-refractivity contribution in [3.8, 4) is 11.1 Å². The van der Waals surface area contributed by atoms with Crippen molar-refractivity contribution in [1.29, 1.82) is 0 Å². The van der Waals surface area contributed by atoms with Crippen LogP contribution in [0.1, 0.15) is 49.9 Å². The van der Waals surface area contributed by atoms with Crippen LogP contribution in [0, 0.1) is 0 Å². The largest absolute Gasteiger partial charge is 0.362 e. The van der Waals surface area contributed by atoms with Crippen LogP contribution in [-0.2, 0) is 10.8 Å². The summed E-state index contributed by atoms with van der Waals surface area (Å²) in [6, 6.07) is 24.1. The van der Waals surface area contributed by atoms with E-state index in [4.69, 9.17) is 0 Å². The lowest BCUT2D eigenvalue weighted by Crippen LogP contribution is -2.15. The molecule has 2 aliphatic rings. The van der Waals surface area contributed by atoms with Crippen LogP contribution in [0.25, 0.3) is 16.7 Å². The summed E-state index contributed by atoms with van der Waals surface area (Å²) >= 11 is 0. The van der Waals surface area contributed by atoms with E-state index in [9.17, 15) is 0 Å². The number of hydrogen-bond donors (Lipinski definition) is 1. The fourth-order valence-electron chi connectivity index (χ4n) is 5.20. The summed E-state index contributed by atoms with van der Waals surface area (Å²) in [4.78, 5) is 0. The number of rotatable bonds is 3. The lowest BCUT2D eigenvalue weighted by Gasteiger charge is -2.21. The van der Waals surface area contributed by atoms with Crippen LogP contribution >= 0.6 is 0 Å². The number of benzene rings is 3. The van der Waals surface area contributed by atoms with E-state index in [2.05, 4.69) is 118 Å². The van der Waals surface area contributed by atoms with Gasteiger partial charge in [0.05, 0.1) is 0 Å². The van der Waals surface area contributed by atoms with Gasteiger partial charge in [-0.15, -0.1) is 0 Å². The van der Waals surface area contributed by atoms with Crippen molar-refractivity contribution in [1.82, 2.24) is 0 Å². The lowest BCUT2D eigenvalue weighted by molar-refractivity contribution is 0.660. The summed E-state index contributed by atoms with van der Waals surface area (Å²) in [6.07, 6.45) is 6.28. The van der Waals surface area contributed by atoms with Crippen LogP contribution in [0.5, 0.6) is 0 Å². The van der Waals surface area contributed by atoms with E-state index < -0.39 is 0 Å². The van der Waals surface area contributed by atoms with Crippen LogP contribution in [0.4, 0.5) is 5.69 Å². The summed E-state index contributed by atoms with van der Waals surface area (Å²) < 4.78 is 0. The zero-order valence-corrected chi connectivity index (χ0v) is 18.8. The predicted molar refractivity (Wildman–Crippen MR) is 133 cm³/mol. The highest BCUT2D eigenvalue weighted by molar-refractivity contribution is 5.89. The molecule has 0 bridgehead atoms. The second kappa shape index (κ2) is 6.85. The summed E-state index contributed by atoms with van der Waals surface area (Å²) in [5.74, 6) is 0. The topological polar surface area (TPSA) is 12.0 Å². The third-order valence-electron chi connectivity index (χ3n) is 7.16. The van der Waals surface area contributed by atoms with Gasteiger partial charge in [-0.3, -0.25) is 0 Å². The third kappa shape index (κ3) is 2.91. The molecule has 0 aromatic heterocycles. The fourth-order valence-corrected chi connectivity index (χ4v) is 5.20. The highest BCUT2D eigenvalue weighted by Gasteiger charge is 2.36. The molecule has 0 aliphatic heterocycles. The average Bonchev–Trinajstić information content (AvgIpc) is 3.11. The normalized spacial score (nSPS) is 18.8. The Morgan fingerprint density at radius 1 is 0.710 bits per heavy atom. The Morgan fingerprint density at radius 2 is 1.32 bits per heavy atom. The molecule has 0 saturated carbocycles. The van der Waals surface area contributed by atoms with Gasteiger partial charge in [0, 0.05) is 22.7 Å². The minimum Gasteiger partial charge on any atom is -0.362 e. The highest BCUT2D eigenvalue weighted by atomic mass is 14.8. The van der Waals surface area contributed by atoms with Crippen LogP contribution in [0.15, 0.2) is 97.2 Å². The average molecular weight is 404 g/mol. The van der Waals surface area contributed by atoms with E-state index in [1.807, 2.05) is 6.20 Å². The van der Waals surface area contributed by atoms with Gasteiger partial charge in [0.1, 0.15) is 0 Å². The number of hydrogen-bond acceptors (Lipinski definition) is 1. The van der Waals surface area contributed by atoms with E-state index in [0.717, 1.165) is 5.69 Å². The second-order valence-corrected chi connectivity index (χ2v) is 9.66. The van der Waals surface area contributed by atoms with Gasteiger partial charge in [-0.1, -0.05) is 94.9 Å². The molecule has 0 atom stereocenters. The molecular weight excluding hydrogens is 374 g/mol. The van der Waals surface area contributed by atoms with Gasteiger partial charge in [-0.25, -0.2) is 0 Å². The van der Waals surface area contributed by atoms with E-state index in [1.165, 1.54) is 44.5 Å². The minimum atomic E-state index is -0.0235. The summed E-state index contributed by atoms with van der Waals surface area (Å²) in [5, 5.41) is 3.47. The Labute approximate surface area is 185 Å². The molecule has 5 rings (SSSR count). The molecule has 1 nitrogen and oxygen atoms in total. The number of anilines is 1. The van der Waals surface area contributed by atoms with E-state index >= 15 is 0 Å². The minimum absolute atomic E-state index is 0.0200. The molecule has 0 radical (unpaired) electrons. The van der Waals surface area contributed by atoms with Crippen molar-refractivity contribution in [3.05, 3.63) is 119 Å². The van der Waals surface area contributed by atoms with E-state index in [1.54, 1.807) is 0 Å². The Balaban J connectivity index is 1.40. The Kier molecular flexibility index (Phi) is 4.34. The van der Waals surface area contributed by atoms with E-state index in [0.29, 0.717) is 0 Å². The molecule has 0 unspecified atom stereocenters. The first-order chi connectivity index (χ1) is 14.8. The first kappa shape index (κ1) is 19.6. The van der Waals surface area contributed by atoms with Gasteiger partial charge in [0.25, 0.3) is 0 Å². The van der Waals surface area contributed by atoms with Crippen LogP contribution in [0.3, 0.4) is 0 Å². The first-order valence-corrected chi connectivity index (χ1v) is 11.0. The summed E-state index contributed by atoms with van der Waals surface area (Å²) in [6.45, 7) is 13.5. The molecule has 3 aromatic carbocycles. The quantitative estimate of drug-likeness (QED) is 0.469. The smallest absolute Gasteiger partial charge is 0.0383 e. The molecule has 1 N–H and O–H groups in total. The maximum Gasteiger partial charge on any atom is 0.0383 e. The molecular formula is C30H29N. The van der Waals surface area contributed by atoms with Crippen molar-refractivity contribution < 1.29 is 0 Å². The van der Waals surface area contributed by atoms with Crippen molar-refractivity contribution in [2.75, 3.05) is 5.32 Å². The summed E-state index contributed by atoms with van der Waals surface area (Å²) in [5.41, 5.74) is 11.6. The zero-order chi connectivity index (χ0) is 21.8. The zero-order valence-electron chi connectivity index (χ0n) is 18.8. The number of nitrogens with one attached hydrogen (secondary N) is 1. The number of allylic oxidation sites excluding steroid dienone is 4. The molecule has 0 saturated heterocycles. The summed E-state index contributed by atoms with van der Waals surface area (Å²) in [7, 11) is 0. The molecule has 0 amide bonds. The SMILES string of the molecule is C=C1/C(=C\C=C\Nc2ccc3c(c2)C(C)(C)c2ccccc2-3)c2ccccc2C1(C)C. The molecule has 3 aromatic rings. The third-order valence-corrected chi connectivity index (χ3v) is 7.16. The standard InChI is InChI=1S/C30H29N/c1-20-22(23-11-6-8-14-26(23)29(20,2)3)13-10-18-31-21-16-17-25-24-12-7-9-15-27(24)30(4,5)28(25)19-21/h6-19,31H,1H2,2-5H3/b18-10+,22-13+. The van der Waals surface area contributed by atoms with Gasteiger partial charge >= 0.3 is 0 Å². The van der Waals surface area contributed by atoms with Gasteiger partial charge in [-0.2, -0.15) is 0 Å².